The van der Waals surface area contributed by atoms with Crippen LogP contribution >= 0.6 is 0 Å². The lowest BCUT2D eigenvalue weighted by Crippen LogP contribution is -1.96. The van der Waals surface area contributed by atoms with Crippen molar-refractivity contribution in [3.63, 3.8) is 0 Å². The van der Waals surface area contributed by atoms with Crippen molar-refractivity contribution < 1.29 is 14.9 Å². The molecular weight excluding hydrogens is 228 g/mol. The number of rotatable bonds is 12. The number of hydrogen-bond donors (Lipinski definition) is 2. The van der Waals surface area contributed by atoms with E-state index < -0.39 is 0 Å². The van der Waals surface area contributed by atoms with Gasteiger partial charge in [0.2, 0.25) is 0 Å². The van der Waals surface area contributed by atoms with Gasteiger partial charge in [-0.05, 0) is 19.3 Å². The van der Waals surface area contributed by atoms with Gasteiger partial charge in [0.25, 0.3) is 0 Å². The van der Waals surface area contributed by atoms with Crippen LogP contribution in [-0.2, 0) is 4.74 Å². The van der Waals surface area contributed by atoms with Gasteiger partial charge in [-0.15, -0.1) is 0 Å². The summed E-state index contributed by atoms with van der Waals surface area (Å²) < 4.78 is 5.53. The van der Waals surface area contributed by atoms with Gasteiger partial charge < -0.3 is 14.9 Å². The summed E-state index contributed by atoms with van der Waals surface area (Å²) in [5, 5.41) is 15.8. The van der Waals surface area contributed by atoms with Crippen molar-refractivity contribution in [2.45, 2.75) is 71.6 Å². The van der Waals surface area contributed by atoms with E-state index in [1.165, 1.54) is 51.4 Å². The average molecular weight is 262 g/mol. The molecule has 0 saturated heterocycles. The molecule has 112 valence electrons. The van der Waals surface area contributed by atoms with Gasteiger partial charge in [0.1, 0.15) is 0 Å². The van der Waals surface area contributed by atoms with Crippen LogP contribution in [0.5, 0.6) is 0 Å². The fourth-order valence-corrected chi connectivity index (χ4v) is 1.43. The number of unbranched alkanes of at least 4 members (excludes halogenated alkanes) is 6. The molecule has 0 aromatic carbocycles. The minimum atomic E-state index is 0.0938. The molecule has 0 aliphatic heterocycles. The highest BCUT2D eigenvalue weighted by Crippen LogP contribution is 2.01. The summed E-state index contributed by atoms with van der Waals surface area (Å²) in [5.41, 5.74) is 0. The second-order valence-corrected chi connectivity index (χ2v) is 4.53. The average Bonchev–Trinajstić information content (AvgIpc) is 2.39. The quantitative estimate of drug-likeness (QED) is 0.529. The van der Waals surface area contributed by atoms with Crippen LogP contribution in [-0.4, -0.2) is 36.6 Å². The molecule has 0 aromatic heterocycles. The van der Waals surface area contributed by atoms with Crippen molar-refractivity contribution in [3.8, 4) is 0 Å². The van der Waals surface area contributed by atoms with Crippen LogP contribution in [0.4, 0.5) is 0 Å². The topological polar surface area (TPSA) is 49.7 Å². The van der Waals surface area contributed by atoms with Crippen molar-refractivity contribution in [1.29, 1.82) is 0 Å². The maximum atomic E-state index is 7.91. The molecule has 3 nitrogen and oxygen atoms in total. The molecule has 0 amide bonds. The van der Waals surface area contributed by atoms with E-state index in [1.807, 2.05) is 0 Å². The smallest absolute Gasteiger partial charge is 0.0466 e. The monoisotopic (exact) mass is 262 g/mol. The van der Waals surface area contributed by atoms with Gasteiger partial charge in [-0.2, -0.15) is 0 Å². The van der Waals surface area contributed by atoms with Gasteiger partial charge in [-0.25, -0.2) is 0 Å². The van der Waals surface area contributed by atoms with Gasteiger partial charge in [0.15, 0.2) is 0 Å². The Morgan fingerprint density at radius 3 is 1.33 bits per heavy atom. The fraction of sp³-hybridized carbons (Fsp3) is 1.00. The summed E-state index contributed by atoms with van der Waals surface area (Å²) in [7, 11) is 0. The lowest BCUT2D eigenvalue weighted by atomic mass is 10.2. The molecule has 0 atom stereocenters. The van der Waals surface area contributed by atoms with Gasteiger partial charge >= 0.3 is 0 Å². The summed E-state index contributed by atoms with van der Waals surface area (Å²) >= 11 is 0. The Labute approximate surface area is 114 Å². The SMILES string of the molecule is CCCCCCOCCCCCC.OCCCO. The van der Waals surface area contributed by atoms with E-state index in [0.29, 0.717) is 6.42 Å². The minimum Gasteiger partial charge on any atom is -0.396 e. The van der Waals surface area contributed by atoms with Gasteiger partial charge in [-0.3, -0.25) is 0 Å². The predicted octanol–water partition coefficient (Wildman–Crippen LogP) is 3.52. The van der Waals surface area contributed by atoms with Crippen LogP contribution in [0.15, 0.2) is 0 Å². The Kier molecular flexibility index (Phi) is 24.8. The van der Waals surface area contributed by atoms with Crippen molar-refractivity contribution in [3.05, 3.63) is 0 Å². The van der Waals surface area contributed by atoms with E-state index in [-0.39, 0.29) is 13.2 Å². The Balaban J connectivity index is 0. The number of aliphatic hydroxyl groups excluding tert-OH is 2. The number of aliphatic hydroxyl groups is 2. The van der Waals surface area contributed by atoms with Crippen LogP contribution in [0.3, 0.4) is 0 Å². The third-order valence-corrected chi connectivity index (χ3v) is 2.60. The summed E-state index contributed by atoms with van der Waals surface area (Å²) in [4.78, 5) is 0. The predicted molar refractivity (Wildman–Crippen MR) is 77.9 cm³/mol. The second-order valence-electron chi connectivity index (χ2n) is 4.53. The van der Waals surface area contributed by atoms with Gasteiger partial charge in [0, 0.05) is 26.4 Å². The van der Waals surface area contributed by atoms with Crippen molar-refractivity contribution in [2.75, 3.05) is 26.4 Å². The zero-order chi connectivity index (χ0) is 13.9. The molecule has 18 heavy (non-hydrogen) atoms. The molecule has 0 rings (SSSR count). The molecular formula is C15H34O3. The van der Waals surface area contributed by atoms with Crippen LogP contribution in [0, 0.1) is 0 Å². The largest absolute Gasteiger partial charge is 0.396 e. The molecule has 0 bridgehead atoms. The lowest BCUT2D eigenvalue weighted by Gasteiger charge is -2.03. The number of hydrogen-bond acceptors (Lipinski definition) is 3. The zero-order valence-electron chi connectivity index (χ0n) is 12.5. The number of ether oxygens (including phenoxy) is 1. The van der Waals surface area contributed by atoms with Crippen molar-refractivity contribution in [2.24, 2.45) is 0 Å². The maximum Gasteiger partial charge on any atom is 0.0466 e. The minimum absolute atomic E-state index is 0.0938. The Hall–Kier alpha value is -0.120. The third-order valence-electron chi connectivity index (χ3n) is 2.60. The molecule has 0 unspecified atom stereocenters. The molecule has 0 aliphatic carbocycles. The Morgan fingerprint density at radius 2 is 1.06 bits per heavy atom. The first-order valence-corrected chi connectivity index (χ1v) is 7.62. The first-order chi connectivity index (χ1) is 8.83. The van der Waals surface area contributed by atoms with Crippen LogP contribution < -0.4 is 0 Å². The molecule has 0 fully saturated rings. The van der Waals surface area contributed by atoms with Gasteiger partial charge in [0.05, 0.1) is 0 Å². The van der Waals surface area contributed by atoms with E-state index in [9.17, 15) is 0 Å². The van der Waals surface area contributed by atoms with E-state index >= 15 is 0 Å². The molecule has 0 heterocycles. The first kappa shape index (κ1) is 20.2. The fourth-order valence-electron chi connectivity index (χ4n) is 1.43. The lowest BCUT2D eigenvalue weighted by molar-refractivity contribution is 0.126. The summed E-state index contributed by atoms with van der Waals surface area (Å²) in [6, 6.07) is 0. The van der Waals surface area contributed by atoms with E-state index in [2.05, 4.69) is 13.8 Å². The zero-order valence-corrected chi connectivity index (χ0v) is 12.5. The highest BCUT2D eigenvalue weighted by atomic mass is 16.5. The normalized spacial score (nSPS) is 10.0. The molecule has 3 heteroatoms. The standard InChI is InChI=1S/C12H26O.C3H8O2/c1-3-5-7-9-11-13-12-10-8-6-4-2;4-2-1-3-5/h3-12H2,1-2H3;4-5H,1-3H2. The highest BCUT2D eigenvalue weighted by Gasteiger charge is 1.90. The van der Waals surface area contributed by atoms with E-state index in [1.54, 1.807) is 0 Å². The van der Waals surface area contributed by atoms with Crippen LogP contribution in [0.1, 0.15) is 71.6 Å². The highest BCUT2D eigenvalue weighted by molar-refractivity contribution is 4.41. The Morgan fingerprint density at radius 1 is 0.611 bits per heavy atom. The summed E-state index contributed by atoms with van der Waals surface area (Å²) in [5.74, 6) is 0. The van der Waals surface area contributed by atoms with Crippen molar-refractivity contribution in [1.82, 2.24) is 0 Å². The summed E-state index contributed by atoms with van der Waals surface area (Å²) in [6.45, 7) is 6.63. The molecule has 0 aliphatic rings. The molecule has 0 saturated carbocycles. The van der Waals surface area contributed by atoms with Crippen LogP contribution in [0.25, 0.3) is 0 Å². The van der Waals surface area contributed by atoms with E-state index in [4.69, 9.17) is 14.9 Å². The Bertz CT molecular complexity index is 106. The van der Waals surface area contributed by atoms with Gasteiger partial charge in [-0.1, -0.05) is 52.4 Å². The molecule has 0 radical (unpaired) electrons. The maximum absolute atomic E-state index is 7.91. The molecule has 2 N–H and O–H groups in total. The third kappa shape index (κ3) is 24.9. The second kappa shape index (κ2) is 22.1. The molecule has 0 spiro atoms. The van der Waals surface area contributed by atoms with Crippen molar-refractivity contribution >= 4 is 0 Å². The first-order valence-electron chi connectivity index (χ1n) is 7.62. The summed E-state index contributed by atoms with van der Waals surface area (Å²) in [6.07, 6.45) is 11.0. The molecule has 0 aromatic rings. The van der Waals surface area contributed by atoms with Crippen LogP contribution in [0.2, 0.25) is 0 Å². The van der Waals surface area contributed by atoms with E-state index in [0.717, 1.165) is 13.2 Å².